The first kappa shape index (κ1) is 15.2. The molecule has 20 heavy (non-hydrogen) atoms. The van der Waals surface area contributed by atoms with E-state index in [4.69, 9.17) is 4.42 Å². The summed E-state index contributed by atoms with van der Waals surface area (Å²) >= 11 is 3.14. The molecule has 0 saturated heterocycles. The van der Waals surface area contributed by atoms with Crippen molar-refractivity contribution in [3.8, 4) is 0 Å². The molecule has 108 valence electrons. The summed E-state index contributed by atoms with van der Waals surface area (Å²) in [4.78, 5) is 0. The van der Waals surface area contributed by atoms with E-state index in [0.717, 1.165) is 24.8 Å². The van der Waals surface area contributed by atoms with Crippen LogP contribution in [0.25, 0.3) is 0 Å². The maximum atomic E-state index is 13.7. The summed E-state index contributed by atoms with van der Waals surface area (Å²) < 4.78 is 32.4. The zero-order chi connectivity index (χ0) is 14.5. The van der Waals surface area contributed by atoms with Gasteiger partial charge in [0.25, 0.3) is 0 Å². The Labute approximate surface area is 125 Å². The first-order chi connectivity index (χ1) is 9.63. The molecule has 0 radical (unpaired) electrons. The van der Waals surface area contributed by atoms with Gasteiger partial charge in [0.1, 0.15) is 5.76 Å². The van der Waals surface area contributed by atoms with Crippen molar-refractivity contribution in [2.75, 3.05) is 6.54 Å². The zero-order valence-corrected chi connectivity index (χ0v) is 12.7. The van der Waals surface area contributed by atoms with Crippen LogP contribution in [0.4, 0.5) is 8.78 Å². The molecule has 0 aliphatic carbocycles. The Hall–Kier alpha value is -1.20. The Kier molecular flexibility index (Phi) is 5.31. The van der Waals surface area contributed by atoms with Gasteiger partial charge in [0.05, 0.1) is 10.7 Å². The highest BCUT2D eigenvalue weighted by molar-refractivity contribution is 9.10. The van der Waals surface area contributed by atoms with Crippen LogP contribution < -0.4 is 5.32 Å². The smallest absolute Gasteiger partial charge is 0.173 e. The molecule has 1 N–H and O–H groups in total. The van der Waals surface area contributed by atoms with Gasteiger partial charge in [-0.1, -0.05) is 13.0 Å². The lowest BCUT2D eigenvalue weighted by Gasteiger charge is -2.19. The molecule has 2 aromatic rings. The van der Waals surface area contributed by atoms with Crippen molar-refractivity contribution in [2.24, 2.45) is 0 Å². The van der Waals surface area contributed by atoms with Gasteiger partial charge in [-0.25, -0.2) is 8.78 Å². The maximum Gasteiger partial charge on any atom is 0.173 e. The quantitative estimate of drug-likeness (QED) is 0.775. The van der Waals surface area contributed by atoms with E-state index in [9.17, 15) is 8.78 Å². The van der Waals surface area contributed by atoms with Gasteiger partial charge in [-0.05, 0) is 52.7 Å². The molecule has 2 rings (SSSR count). The van der Waals surface area contributed by atoms with Crippen LogP contribution in [0.1, 0.15) is 30.7 Å². The number of nitrogens with one attached hydrogen (secondary N) is 1. The van der Waals surface area contributed by atoms with Crippen molar-refractivity contribution in [1.29, 1.82) is 0 Å². The molecule has 1 heterocycles. The van der Waals surface area contributed by atoms with Crippen molar-refractivity contribution in [3.05, 3.63) is 58.0 Å². The first-order valence-corrected chi connectivity index (χ1v) is 7.32. The number of hydrogen-bond acceptors (Lipinski definition) is 2. The summed E-state index contributed by atoms with van der Waals surface area (Å²) in [6.07, 6.45) is 3.14. The monoisotopic (exact) mass is 343 g/mol. The van der Waals surface area contributed by atoms with Gasteiger partial charge in [-0.3, -0.25) is 0 Å². The van der Waals surface area contributed by atoms with Gasteiger partial charge in [0, 0.05) is 12.5 Å². The lowest BCUT2D eigenvalue weighted by Crippen LogP contribution is -2.24. The highest BCUT2D eigenvalue weighted by Gasteiger charge is 2.20. The average molecular weight is 344 g/mol. The number of rotatable bonds is 6. The summed E-state index contributed by atoms with van der Waals surface area (Å²) in [5, 5.41) is 3.33. The third-order valence-electron chi connectivity index (χ3n) is 3.07. The molecule has 0 aliphatic rings. The van der Waals surface area contributed by atoms with Gasteiger partial charge >= 0.3 is 0 Å². The van der Waals surface area contributed by atoms with Crippen molar-refractivity contribution >= 4 is 15.9 Å². The summed E-state index contributed by atoms with van der Waals surface area (Å²) in [6.45, 7) is 2.84. The maximum absolute atomic E-state index is 13.7. The van der Waals surface area contributed by atoms with E-state index in [1.807, 2.05) is 12.1 Å². The van der Waals surface area contributed by atoms with Gasteiger partial charge in [-0.2, -0.15) is 0 Å². The third-order valence-corrected chi connectivity index (χ3v) is 3.87. The number of furan rings is 1. The highest BCUT2D eigenvalue weighted by Crippen LogP contribution is 2.30. The Morgan fingerprint density at radius 3 is 2.75 bits per heavy atom. The number of benzene rings is 1. The summed E-state index contributed by atoms with van der Waals surface area (Å²) in [6, 6.07) is 6.29. The van der Waals surface area contributed by atoms with E-state index in [0.29, 0.717) is 12.0 Å². The molecule has 0 saturated carbocycles. The van der Waals surface area contributed by atoms with E-state index < -0.39 is 11.6 Å². The molecular weight excluding hydrogens is 328 g/mol. The predicted octanol–water partition coefficient (Wildman–Crippen LogP) is 4.60. The summed E-state index contributed by atoms with van der Waals surface area (Å²) in [7, 11) is 0. The number of hydrogen-bond donors (Lipinski definition) is 1. The van der Waals surface area contributed by atoms with E-state index in [1.54, 1.807) is 12.3 Å². The fraction of sp³-hybridized carbons (Fsp3) is 0.333. The van der Waals surface area contributed by atoms with E-state index in [2.05, 4.69) is 28.2 Å². The molecule has 5 heteroatoms. The molecule has 1 aromatic carbocycles. The minimum Gasteiger partial charge on any atom is -0.469 e. The molecule has 2 nitrogen and oxygen atoms in total. The molecule has 0 amide bonds. The Bertz CT molecular complexity index is 557. The predicted molar refractivity (Wildman–Crippen MR) is 77.5 cm³/mol. The normalized spacial score (nSPS) is 12.6. The van der Waals surface area contributed by atoms with Crippen LogP contribution in [0, 0.1) is 11.6 Å². The molecule has 0 spiro atoms. The second-order valence-corrected chi connectivity index (χ2v) is 5.35. The second-order valence-electron chi connectivity index (χ2n) is 4.55. The Morgan fingerprint density at radius 2 is 2.10 bits per heavy atom. The average Bonchev–Trinajstić information content (AvgIpc) is 2.94. The van der Waals surface area contributed by atoms with Crippen molar-refractivity contribution in [3.63, 3.8) is 0 Å². The Balaban J connectivity index is 2.28. The number of halogens is 3. The van der Waals surface area contributed by atoms with Crippen LogP contribution in [0.3, 0.4) is 0 Å². The van der Waals surface area contributed by atoms with E-state index >= 15 is 0 Å². The zero-order valence-electron chi connectivity index (χ0n) is 11.1. The highest BCUT2D eigenvalue weighted by atomic mass is 79.9. The van der Waals surface area contributed by atoms with Crippen LogP contribution in [0.5, 0.6) is 0 Å². The molecule has 0 fully saturated rings. The Morgan fingerprint density at radius 1 is 1.30 bits per heavy atom. The van der Waals surface area contributed by atoms with E-state index in [-0.39, 0.29) is 10.5 Å². The van der Waals surface area contributed by atoms with Gasteiger partial charge in [-0.15, -0.1) is 0 Å². The molecule has 0 aliphatic heterocycles. The summed E-state index contributed by atoms with van der Waals surface area (Å²) in [5.74, 6) is -0.909. The van der Waals surface area contributed by atoms with Crippen LogP contribution >= 0.6 is 15.9 Å². The summed E-state index contributed by atoms with van der Waals surface area (Å²) in [5.41, 5.74) is 0.689. The molecule has 1 atom stereocenters. The van der Waals surface area contributed by atoms with Gasteiger partial charge in [0.15, 0.2) is 11.6 Å². The first-order valence-electron chi connectivity index (χ1n) is 6.52. The SMILES string of the molecule is CCCNC(Cc1ccco1)c1ccc(F)c(F)c1Br. The third kappa shape index (κ3) is 3.46. The molecule has 1 aromatic heterocycles. The van der Waals surface area contributed by atoms with Crippen LogP contribution in [-0.4, -0.2) is 6.54 Å². The fourth-order valence-corrected chi connectivity index (χ4v) is 2.65. The lowest BCUT2D eigenvalue weighted by atomic mass is 10.0. The largest absolute Gasteiger partial charge is 0.469 e. The fourth-order valence-electron chi connectivity index (χ4n) is 2.05. The van der Waals surface area contributed by atoms with Crippen molar-refractivity contribution in [2.45, 2.75) is 25.8 Å². The second kappa shape index (κ2) is 6.99. The molecule has 1 unspecified atom stereocenters. The van der Waals surface area contributed by atoms with E-state index in [1.165, 1.54) is 0 Å². The molecule has 0 bridgehead atoms. The van der Waals surface area contributed by atoms with Gasteiger partial charge < -0.3 is 9.73 Å². The van der Waals surface area contributed by atoms with Gasteiger partial charge in [0.2, 0.25) is 0 Å². The molecular formula is C15H16BrF2NO. The van der Waals surface area contributed by atoms with Crippen molar-refractivity contribution < 1.29 is 13.2 Å². The van der Waals surface area contributed by atoms with Crippen LogP contribution in [0.2, 0.25) is 0 Å². The standard InChI is InChI=1S/C15H16BrF2NO/c1-2-7-19-13(9-10-4-3-8-20-10)11-5-6-12(17)15(18)14(11)16/h3-6,8,13,19H,2,7,9H2,1H3. The van der Waals surface area contributed by atoms with Crippen molar-refractivity contribution in [1.82, 2.24) is 5.32 Å². The van der Waals surface area contributed by atoms with Crippen LogP contribution in [0.15, 0.2) is 39.4 Å². The minimum atomic E-state index is -0.856. The van der Waals surface area contributed by atoms with Crippen LogP contribution in [-0.2, 0) is 6.42 Å². The lowest BCUT2D eigenvalue weighted by molar-refractivity contribution is 0.443. The topological polar surface area (TPSA) is 25.2 Å². The minimum absolute atomic E-state index is 0.134.